The van der Waals surface area contributed by atoms with E-state index in [9.17, 15) is 9.90 Å². The Morgan fingerprint density at radius 1 is 1.03 bits per heavy atom. The fraction of sp³-hybridized carbons (Fsp3) is 0.292. The molecule has 0 spiro atoms. The van der Waals surface area contributed by atoms with Crippen LogP contribution < -0.4 is 10.9 Å². The van der Waals surface area contributed by atoms with Crippen LogP contribution in [0.2, 0.25) is 0 Å². The average Bonchev–Trinajstić information content (AvgIpc) is 2.74. The highest BCUT2D eigenvalue weighted by Crippen LogP contribution is 2.30. The second kappa shape index (κ2) is 8.97. The van der Waals surface area contributed by atoms with Crippen LogP contribution in [0.3, 0.4) is 0 Å². The maximum atomic E-state index is 12.8. The lowest BCUT2D eigenvalue weighted by Crippen LogP contribution is -2.34. The normalized spacial score (nSPS) is 19.1. The molecule has 2 aromatic carbocycles. The topological polar surface area (TPSA) is 54.3 Å². The first kappa shape index (κ1) is 19.9. The van der Waals surface area contributed by atoms with Gasteiger partial charge in [0.15, 0.2) is 0 Å². The Hall–Kier alpha value is -2.37. The van der Waals surface area contributed by atoms with E-state index in [1.165, 1.54) is 5.56 Å². The summed E-state index contributed by atoms with van der Waals surface area (Å²) in [6, 6.07) is 19.8. The molecular weight excluding hydrogens is 428 g/mol. The van der Waals surface area contributed by atoms with Gasteiger partial charge in [0, 0.05) is 34.5 Å². The van der Waals surface area contributed by atoms with E-state index < -0.39 is 6.10 Å². The molecule has 0 aliphatic heterocycles. The Morgan fingerprint density at radius 3 is 2.55 bits per heavy atom. The summed E-state index contributed by atoms with van der Waals surface area (Å²) in [5, 5.41) is 13.8. The number of nitrogens with zero attached hydrogens (tertiary/aromatic N) is 1. The molecule has 1 aliphatic carbocycles. The summed E-state index contributed by atoms with van der Waals surface area (Å²) in [5.41, 5.74) is 4.00. The summed E-state index contributed by atoms with van der Waals surface area (Å²) in [7, 11) is 0. The van der Waals surface area contributed by atoms with E-state index in [-0.39, 0.29) is 11.6 Å². The Labute approximate surface area is 179 Å². The van der Waals surface area contributed by atoms with Crippen LogP contribution in [0.1, 0.15) is 37.3 Å². The van der Waals surface area contributed by atoms with Gasteiger partial charge in [-0.1, -0.05) is 59.1 Å². The number of para-hydroxylation sites is 1. The number of hydrogen-bond donors (Lipinski definition) is 2. The molecular formula is C24H25BrN2O2. The van der Waals surface area contributed by atoms with Gasteiger partial charge in [-0.3, -0.25) is 4.79 Å². The highest BCUT2D eigenvalue weighted by atomic mass is 79.9. The number of rotatable bonds is 5. The first-order valence-electron chi connectivity index (χ1n) is 10.1. The van der Waals surface area contributed by atoms with Gasteiger partial charge in [-0.05, 0) is 48.2 Å². The number of aliphatic hydroxyl groups is 1. The lowest BCUT2D eigenvalue weighted by atomic mass is 9.92. The maximum Gasteiger partial charge on any atom is 0.251 e. The van der Waals surface area contributed by atoms with Crippen molar-refractivity contribution in [2.45, 2.75) is 44.4 Å². The molecule has 0 unspecified atom stereocenters. The Morgan fingerprint density at radius 2 is 1.79 bits per heavy atom. The van der Waals surface area contributed by atoms with E-state index in [1.54, 1.807) is 10.6 Å². The van der Waals surface area contributed by atoms with Crippen LogP contribution in [0, 0.1) is 0 Å². The van der Waals surface area contributed by atoms with Crippen molar-refractivity contribution in [3.05, 3.63) is 87.3 Å². The van der Waals surface area contributed by atoms with Crippen molar-refractivity contribution in [3.8, 4) is 11.1 Å². The summed E-state index contributed by atoms with van der Waals surface area (Å²) >= 11 is 3.46. The number of aromatic nitrogens is 1. The molecule has 2 atom stereocenters. The van der Waals surface area contributed by atoms with Gasteiger partial charge in [-0.25, -0.2) is 0 Å². The van der Waals surface area contributed by atoms with Crippen molar-refractivity contribution >= 4 is 21.6 Å². The molecule has 4 rings (SSSR count). The molecule has 1 aliphatic rings. The van der Waals surface area contributed by atoms with Crippen molar-refractivity contribution in [2.24, 2.45) is 0 Å². The first-order valence-corrected chi connectivity index (χ1v) is 10.9. The SMILES string of the molecule is O=c1cc(-c2ccccc2NCc2ccc(Br)cc2)ccn1[C@H]1CCCC[C@@H]1O. The van der Waals surface area contributed by atoms with Crippen molar-refractivity contribution in [1.82, 2.24) is 4.57 Å². The van der Waals surface area contributed by atoms with Gasteiger partial charge in [-0.2, -0.15) is 0 Å². The summed E-state index contributed by atoms with van der Waals surface area (Å²) in [4.78, 5) is 12.8. The van der Waals surface area contributed by atoms with Crippen LogP contribution in [-0.2, 0) is 6.54 Å². The molecule has 0 radical (unpaired) electrons. The van der Waals surface area contributed by atoms with E-state index in [2.05, 4.69) is 33.4 Å². The third kappa shape index (κ3) is 4.62. The van der Waals surface area contributed by atoms with E-state index in [1.807, 2.05) is 48.7 Å². The molecule has 150 valence electrons. The fourth-order valence-electron chi connectivity index (χ4n) is 4.04. The van der Waals surface area contributed by atoms with Gasteiger partial charge in [-0.15, -0.1) is 0 Å². The number of pyridine rings is 1. The average molecular weight is 453 g/mol. The van der Waals surface area contributed by atoms with Gasteiger partial charge >= 0.3 is 0 Å². The van der Waals surface area contributed by atoms with Crippen molar-refractivity contribution < 1.29 is 5.11 Å². The third-order valence-corrected chi connectivity index (χ3v) is 6.16. The Kier molecular flexibility index (Phi) is 6.16. The summed E-state index contributed by atoms with van der Waals surface area (Å²) < 4.78 is 2.76. The molecule has 0 saturated heterocycles. The molecule has 1 heterocycles. The van der Waals surface area contributed by atoms with E-state index in [0.29, 0.717) is 6.54 Å². The highest BCUT2D eigenvalue weighted by molar-refractivity contribution is 9.10. The van der Waals surface area contributed by atoms with Crippen LogP contribution in [0.5, 0.6) is 0 Å². The van der Waals surface area contributed by atoms with Crippen LogP contribution in [0.25, 0.3) is 11.1 Å². The minimum absolute atomic E-state index is 0.0591. The lowest BCUT2D eigenvalue weighted by Gasteiger charge is -2.29. The standard InChI is InChI=1S/C24H25BrN2O2/c25-19-11-9-17(10-12-19)16-26-21-6-2-1-5-20(21)18-13-14-27(24(29)15-18)22-7-3-4-8-23(22)28/h1-2,5-6,9-15,22-23,26,28H,3-4,7-8,16H2/t22-,23-/m0/s1. The van der Waals surface area contributed by atoms with E-state index in [0.717, 1.165) is 47.0 Å². The monoisotopic (exact) mass is 452 g/mol. The van der Waals surface area contributed by atoms with Gasteiger partial charge in [0.2, 0.25) is 0 Å². The summed E-state index contributed by atoms with van der Waals surface area (Å²) in [6.07, 6.45) is 5.10. The van der Waals surface area contributed by atoms with Crippen LogP contribution in [-0.4, -0.2) is 15.8 Å². The van der Waals surface area contributed by atoms with Gasteiger partial charge in [0.05, 0.1) is 12.1 Å². The number of halogens is 1. The zero-order valence-corrected chi connectivity index (χ0v) is 17.8. The minimum Gasteiger partial charge on any atom is -0.391 e. The highest BCUT2D eigenvalue weighted by Gasteiger charge is 2.25. The maximum absolute atomic E-state index is 12.8. The quantitative estimate of drug-likeness (QED) is 0.547. The number of aliphatic hydroxyl groups excluding tert-OH is 1. The van der Waals surface area contributed by atoms with Crippen molar-refractivity contribution in [2.75, 3.05) is 5.32 Å². The molecule has 1 saturated carbocycles. The largest absolute Gasteiger partial charge is 0.391 e. The molecule has 5 heteroatoms. The van der Waals surface area contributed by atoms with Gasteiger partial charge in [0.1, 0.15) is 0 Å². The predicted octanol–water partition coefficient (Wildman–Crippen LogP) is 5.37. The number of hydrogen-bond acceptors (Lipinski definition) is 3. The molecule has 0 bridgehead atoms. The molecule has 29 heavy (non-hydrogen) atoms. The molecule has 2 N–H and O–H groups in total. The van der Waals surface area contributed by atoms with E-state index >= 15 is 0 Å². The smallest absolute Gasteiger partial charge is 0.251 e. The first-order chi connectivity index (χ1) is 14.1. The minimum atomic E-state index is -0.438. The molecule has 1 aromatic heterocycles. The van der Waals surface area contributed by atoms with E-state index in [4.69, 9.17) is 0 Å². The zero-order valence-electron chi connectivity index (χ0n) is 16.2. The predicted molar refractivity (Wildman–Crippen MR) is 121 cm³/mol. The summed E-state index contributed by atoms with van der Waals surface area (Å²) in [5.74, 6) is 0. The van der Waals surface area contributed by atoms with Gasteiger partial charge in [0.25, 0.3) is 5.56 Å². The lowest BCUT2D eigenvalue weighted by molar-refractivity contribution is 0.0738. The number of nitrogens with one attached hydrogen (secondary N) is 1. The fourth-order valence-corrected chi connectivity index (χ4v) is 4.30. The summed E-state index contributed by atoms with van der Waals surface area (Å²) in [6.45, 7) is 0.704. The Balaban J connectivity index is 1.57. The second-order valence-corrected chi connectivity index (χ2v) is 8.52. The molecule has 4 nitrogen and oxygen atoms in total. The van der Waals surface area contributed by atoms with Crippen molar-refractivity contribution in [1.29, 1.82) is 0 Å². The molecule has 0 amide bonds. The second-order valence-electron chi connectivity index (χ2n) is 7.61. The van der Waals surface area contributed by atoms with Crippen molar-refractivity contribution in [3.63, 3.8) is 0 Å². The Bertz CT molecular complexity index is 1030. The molecule has 3 aromatic rings. The zero-order chi connectivity index (χ0) is 20.2. The number of benzene rings is 2. The van der Waals surface area contributed by atoms with Gasteiger partial charge < -0.3 is 15.0 Å². The van der Waals surface area contributed by atoms with Crippen LogP contribution in [0.4, 0.5) is 5.69 Å². The molecule has 1 fully saturated rings. The number of anilines is 1. The van der Waals surface area contributed by atoms with Crippen LogP contribution in [0.15, 0.2) is 76.1 Å². The third-order valence-electron chi connectivity index (χ3n) is 5.63. The van der Waals surface area contributed by atoms with Crippen LogP contribution >= 0.6 is 15.9 Å².